The molecule has 1 fully saturated rings. The van der Waals surface area contributed by atoms with E-state index in [-0.39, 0.29) is 11.9 Å². The summed E-state index contributed by atoms with van der Waals surface area (Å²) in [5, 5.41) is 6.43. The number of benzene rings is 2. The van der Waals surface area contributed by atoms with Crippen molar-refractivity contribution in [3.63, 3.8) is 0 Å². The fourth-order valence-corrected chi connectivity index (χ4v) is 3.73. The molecule has 4 nitrogen and oxygen atoms in total. The van der Waals surface area contributed by atoms with Gasteiger partial charge in [-0.15, -0.1) is 0 Å². The molecule has 28 heavy (non-hydrogen) atoms. The standard InChI is InChI=1S/C24H33N3O/c1-18(2)21-9-11-22(12-10-21)19(3)25-16-24(28)26-15-20-13-14-27(17-20)23-7-5-4-6-8-23/h4-12,18-20,25H,13-17H2,1-3H3,(H,26,28). The molecule has 0 spiro atoms. The highest BCUT2D eigenvalue weighted by Crippen LogP contribution is 2.23. The Morgan fingerprint density at radius 1 is 1.04 bits per heavy atom. The van der Waals surface area contributed by atoms with E-state index in [1.165, 1.54) is 16.8 Å². The minimum Gasteiger partial charge on any atom is -0.371 e. The van der Waals surface area contributed by atoms with E-state index in [2.05, 4.69) is 84.8 Å². The number of nitrogens with one attached hydrogen (secondary N) is 2. The van der Waals surface area contributed by atoms with E-state index in [0.29, 0.717) is 18.4 Å². The normalized spacial score (nSPS) is 17.7. The summed E-state index contributed by atoms with van der Waals surface area (Å²) in [4.78, 5) is 14.6. The van der Waals surface area contributed by atoms with Crippen LogP contribution in [0.15, 0.2) is 54.6 Å². The van der Waals surface area contributed by atoms with Gasteiger partial charge in [-0.2, -0.15) is 0 Å². The highest BCUT2D eigenvalue weighted by molar-refractivity contribution is 5.78. The van der Waals surface area contributed by atoms with Gasteiger partial charge < -0.3 is 15.5 Å². The molecule has 2 aromatic carbocycles. The third kappa shape index (κ3) is 5.59. The van der Waals surface area contributed by atoms with Gasteiger partial charge in [-0.3, -0.25) is 4.79 Å². The Morgan fingerprint density at radius 2 is 1.71 bits per heavy atom. The molecule has 2 N–H and O–H groups in total. The van der Waals surface area contributed by atoms with Crippen molar-refractivity contribution in [2.45, 2.75) is 39.2 Å². The minimum atomic E-state index is 0.0730. The fourth-order valence-electron chi connectivity index (χ4n) is 3.73. The zero-order valence-corrected chi connectivity index (χ0v) is 17.3. The molecule has 0 radical (unpaired) electrons. The smallest absolute Gasteiger partial charge is 0.233 e. The second-order valence-electron chi connectivity index (χ2n) is 8.16. The summed E-state index contributed by atoms with van der Waals surface area (Å²) in [6.45, 7) is 9.67. The molecule has 1 saturated heterocycles. The number of carbonyl (C=O) groups excluding carboxylic acids is 1. The first kappa shape index (κ1) is 20.4. The monoisotopic (exact) mass is 379 g/mol. The Kier molecular flexibility index (Phi) is 7.10. The first-order valence-electron chi connectivity index (χ1n) is 10.4. The van der Waals surface area contributed by atoms with Gasteiger partial charge in [-0.1, -0.05) is 56.3 Å². The summed E-state index contributed by atoms with van der Waals surface area (Å²) in [5.41, 5.74) is 3.83. The summed E-state index contributed by atoms with van der Waals surface area (Å²) in [6.07, 6.45) is 1.13. The molecule has 0 bridgehead atoms. The van der Waals surface area contributed by atoms with Gasteiger partial charge >= 0.3 is 0 Å². The maximum atomic E-state index is 12.2. The maximum absolute atomic E-state index is 12.2. The highest BCUT2D eigenvalue weighted by atomic mass is 16.1. The average Bonchev–Trinajstić information content (AvgIpc) is 3.20. The fraction of sp³-hybridized carbons (Fsp3) is 0.458. The summed E-state index contributed by atoms with van der Waals surface area (Å²) in [6, 6.07) is 19.3. The van der Waals surface area contributed by atoms with Crippen LogP contribution >= 0.6 is 0 Å². The Morgan fingerprint density at radius 3 is 2.39 bits per heavy atom. The lowest BCUT2D eigenvalue weighted by Crippen LogP contribution is -2.38. The van der Waals surface area contributed by atoms with Gasteiger partial charge in [0.1, 0.15) is 0 Å². The van der Waals surface area contributed by atoms with Crippen molar-refractivity contribution in [3.05, 3.63) is 65.7 Å². The van der Waals surface area contributed by atoms with Crippen molar-refractivity contribution in [3.8, 4) is 0 Å². The zero-order valence-electron chi connectivity index (χ0n) is 17.3. The van der Waals surface area contributed by atoms with Crippen LogP contribution in [-0.2, 0) is 4.79 Å². The largest absolute Gasteiger partial charge is 0.371 e. The van der Waals surface area contributed by atoms with Gasteiger partial charge in [-0.25, -0.2) is 0 Å². The van der Waals surface area contributed by atoms with Crippen LogP contribution in [0.4, 0.5) is 5.69 Å². The van der Waals surface area contributed by atoms with E-state index >= 15 is 0 Å². The van der Waals surface area contributed by atoms with Crippen molar-refractivity contribution >= 4 is 11.6 Å². The molecule has 0 saturated carbocycles. The van der Waals surface area contributed by atoms with Crippen LogP contribution in [0.5, 0.6) is 0 Å². The maximum Gasteiger partial charge on any atom is 0.233 e. The molecule has 0 aliphatic carbocycles. The van der Waals surface area contributed by atoms with Crippen molar-refractivity contribution in [2.24, 2.45) is 5.92 Å². The lowest BCUT2D eigenvalue weighted by Gasteiger charge is -2.19. The first-order valence-corrected chi connectivity index (χ1v) is 10.4. The molecular weight excluding hydrogens is 346 g/mol. The lowest BCUT2D eigenvalue weighted by molar-refractivity contribution is -0.120. The molecule has 150 valence electrons. The molecular formula is C24H33N3O. The van der Waals surface area contributed by atoms with E-state index in [4.69, 9.17) is 0 Å². The number of hydrogen-bond donors (Lipinski definition) is 2. The molecule has 1 amide bonds. The molecule has 2 aromatic rings. The quantitative estimate of drug-likeness (QED) is 0.726. The van der Waals surface area contributed by atoms with Crippen LogP contribution in [0.2, 0.25) is 0 Å². The molecule has 1 aliphatic rings. The van der Waals surface area contributed by atoms with Crippen molar-refractivity contribution in [2.75, 3.05) is 31.1 Å². The molecule has 1 heterocycles. The Balaban J connectivity index is 1.38. The van der Waals surface area contributed by atoms with E-state index in [9.17, 15) is 4.79 Å². The van der Waals surface area contributed by atoms with Crippen LogP contribution < -0.4 is 15.5 Å². The minimum absolute atomic E-state index is 0.0730. The van der Waals surface area contributed by atoms with Crippen molar-refractivity contribution in [1.29, 1.82) is 0 Å². The number of nitrogens with zero attached hydrogens (tertiary/aromatic N) is 1. The van der Waals surface area contributed by atoms with Gasteiger partial charge in [0.15, 0.2) is 0 Å². The average molecular weight is 380 g/mol. The topological polar surface area (TPSA) is 44.4 Å². The van der Waals surface area contributed by atoms with Crippen molar-refractivity contribution in [1.82, 2.24) is 10.6 Å². The second kappa shape index (κ2) is 9.74. The molecule has 4 heteroatoms. The van der Waals surface area contributed by atoms with Crippen LogP contribution in [0.1, 0.15) is 50.3 Å². The summed E-state index contributed by atoms with van der Waals surface area (Å²) in [5.74, 6) is 1.13. The number of rotatable bonds is 8. The summed E-state index contributed by atoms with van der Waals surface area (Å²) < 4.78 is 0. The third-order valence-corrected chi connectivity index (χ3v) is 5.67. The Bertz CT molecular complexity index is 742. The van der Waals surface area contributed by atoms with Gasteiger partial charge in [0.05, 0.1) is 6.54 Å². The third-order valence-electron chi connectivity index (χ3n) is 5.67. The van der Waals surface area contributed by atoms with E-state index in [1.807, 2.05) is 6.07 Å². The number of anilines is 1. The predicted octanol–water partition coefficient (Wildman–Crippen LogP) is 4.10. The van der Waals surface area contributed by atoms with Gasteiger partial charge in [-0.05, 0) is 48.4 Å². The van der Waals surface area contributed by atoms with Gasteiger partial charge in [0.2, 0.25) is 5.91 Å². The van der Waals surface area contributed by atoms with Gasteiger partial charge in [0, 0.05) is 31.4 Å². The zero-order chi connectivity index (χ0) is 19.9. The highest BCUT2D eigenvalue weighted by Gasteiger charge is 2.23. The van der Waals surface area contributed by atoms with Crippen LogP contribution in [0.25, 0.3) is 0 Å². The van der Waals surface area contributed by atoms with Gasteiger partial charge in [0.25, 0.3) is 0 Å². The van der Waals surface area contributed by atoms with E-state index in [1.54, 1.807) is 0 Å². The summed E-state index contributed by atoms with van der Waals surface area (Å²) >= 11 is 0. The van der Waals surface area contributed by atoms with Crippen molar-refractivity contribution < 1.29 is 4.79 Å². The Labute approximate surface area is 169 Å². The molecule has 3 rings (SSSR count). The number of hydrogen-bond acceptors (Lipinski definition) is 3. The Hall–Kier alpha value is -2.33. The summed E-state index contributed by atoms with van der Waals surface area (Å²) in [7, 11) is 0. The number of amides is 1. The van der Waals surface area contributed by atoms with E-state index < -0.39 is 0 Å². The van der Waals surface area contributed by atoms with Crippen LogP contribution in [-0.4, -0.2) is 32.1 Å². The molecule has 0 aromatic heterocycles. The second-order valence-corrected chi connectivity index (χ2v) is 8.16. The molecule has 1 aliphatic heterocycles. The number of para-hydroxylation sites is 1. The van der Waals surface area contributed by atoms with E-state index in [0.717, 1.165) is 26.1 Å². The van der Waals surface area contributed by atoms with Crippen LogP contribution in [0.3, 0.4) is 0 Å². The predicted molar refractivity (Wildman–Crippen MR) is 117 cm³/mol. The number of carbonyl (C=O) groups is 1. The SMILES string of the molecule is CC(C)c1ccc(C(C)NCC(=O)NCC2CCN(c3ccccc3)C2)cc1. The molecule has 2 atom stereocenters. The van der Waals surface area contributed by atoms with Crippen LogP contribution in [0, 0.1) is 5.92 Å². The first-order chi connectivity index (χ1) is 13.5. The molecule has 2 unspecified atom stereocenters. The lowest BCUT2D eigenvalue weighted by atomic mass is 9.99.